The van der Waals surface area contributed by atoms with Crippen molar-refractivity contribution in [3.8, 4) is 11.4 Å². The zero-order valence-corrected chi connectivity index (χ0v) is 17.4. The third kappa shape index (κ3) is 3.02. The van der Waals surface area contributed by atoms with Gasteiger partial charge in [-0.1, -0.05) is 36.9 Å². The number of ether oxygens (including phenoxy) is 1. The summed E-state index contributed by atoms with van der Waals surface area (Å²) < 4.78 is 7.89. The number of amidine groups is 1. The summed E-state index contributed by atoms with van der Waals surface area (Å²) in [5, 5.41) is 1.14. The first-order valence-corrected chi connectivity index (χ1v) is 11.0. The van der Waals surface area contributed by atoms with Gasteiger partial charge >= 0.3 is 0 Å². The number of aromatic nitrogens is 2. The molecule has 5 nitrogen and oxygen atoms in total. The van der Waals surface area contributed by atoms with Gasteiger partial charge in [0, 0.05) is 29.9 Å². The van der Waals surface area contributed by atoms with Crippen LogP contribution < -0.4 is 4.74 Å². The molecule has 29 heavy (non-hydrogen) atoms. The molecular formula is C23H24N4OS. The molecule has 5 rings (SSSR count). The minimum Gasteiger partial charge on any atom is -0.495 e. The summed E-state index contributed by atoms with van der Waals surface area (Å²) in [5.74, 6) is 1.96. The number of benzene rings is 1. The SMILES string of the molecule is CC[C@H]1CSC2=N[C@@H](c3ccccn3)[C@@H](c3cccn3-c3ccccc3OC)N21. The molecule has 1 aromatic carbocycles. The van der Waals surface area contributed by atoms with Crippen LogP contribution >= 0.6 is 11.8 Å². The van der Waals surface area contributed by atoms with Gasteiger partial charge in [-0.05, 0) is 42.8 Å². The lowest BCUT2D eigenvalue weighted by Gasteiger charge is -2.32. The van der Waals surface area contributed by atoms with Crippen LogP contribution in [0.3, 0.4) is 0 Å². The van der Waals surface area contributed by atoms with Crippen LogP contribution in [0.15, 0.2) is 72.0 Å². The van der Waals surface area contributed by atoms with Crippen molar-refractivity contribution < 1.29 is 4.74 Å². The Balaban J connectivity index is 1.64. The van der Waals surface area contributed by atoms with E-state index in [1.165, 1.54) is 5.69 Å². The molecule has 0 unspecified atom stereocenters. The first-order valence-electron chi connectivity index (χ1n) is 10.0. The van der Waals surface area contributed by atoms with Gasteiger partial charge in [0.15, 0.2) is 5.17 Å². The van der Waals surface area contributed by atoms with Crippen molar-refractivity contribution in [2.24, 2.45) is 4.99 Å². The largest absolute Gasteiger partial charge is 0.495 e. The van der Waals surface area contributed by atoms with Gasteiger partial charge in [0.25, 0.3) is 0 Å². The molecule has 0 amide bonds. The number of fused-ring (bicyclic) bond motifs is 1. The Labute approximate surface area is 175 Å². The number of hydrogen-bond acceptors (Lipinski definition) is 5. The van der Waals surface area contributed by atoms with Crippen molar-refractivity contribution in [2.75, 3.05) is 12.9 Å². The van der Waals surface area contributed by atoms with Gasteiger partial charge in [-0.15, -0.1) is 0 Å². The molecule has 148 valence electrons. The molecular weight excluding hydrogens is 380 g/mol. The van der Waals surface area contributed by atoms with E-state index in [4.69, 9.17) is 9.73 Å². The van der Waals surface area contributed by atoms with Gasteiger partial charge in [0.05, 0.1) is 18.5 Å². The first kappa shape index (κ1) is 18.3. The lowest BCUT2D eigenvalue weighted by Crippen LogP contribution is -2.36. The first-order chi connectivity index (χ1) is 14.3. The summed E-state index contributed by atoms with van der Waals surface area (Å²) in [4.78, 5) is 12.3. The molecule has 2 aliphatic rings. The van der Waals surface area contributed by atoms with E-state index in [1.54, 1.807) is 7.11 Å². The molecule has 1 saturated heterocycles. The van der Waals surface area contributed by atoms with Crippen LogP contribution in [0.4, 0.5) is 0 Å². The number of aliphatic imine (C=N–C) groups is 1. The maximum absolute atomic E-state index is 5.65. The minimum atomic E-state index is -0.0172. The molecule has 0 N–H and O–H groups in total. The van der Waals surface area contributed by atoms with Crippen LogP contribution in [0.1, 0.15) is 36.8 Å². The van der Waals surface area contributed by atoms with E-state index in [9.17, 15) is 0 Å². The van der Waals surface area contributed by atoms with Gasteiger partial charge in [0.1, 0.15) is 17.8 Å². The molecule has 0 saturated carbocycles. The van der Waals surface area contributed by atoms with Crippen molar-refractivity contribution in [3.63, 3.8) is 0 Å². The van der Waals surface area contributed by atoms with Crippen molar-refractivity contribution in [2.45, 2.75) is 31.5 Å². The minimum absolute atomic E-state index is 0.0172. The Bertz CT molecular complexity index is 1030. The van der Waals surface area contributed by atoms with Crippen molar-refractivity contribution in [1.29, 1.82) is 0 Å². The van der Waals surface area contributed by atoms with Crippen LogP contribution in [0, 0.1) is 0 Å². The Morgan fingerprint density at radius 2 is 1.97 bits per heavy atom. The predicted octanol–water partition coefficient (Wildman–Crippen LogP) is 4.86. The lowest BCUT2D eigenvalue weighted by atomic mass is 9.99. The van der Waals surface area contributed by atoms with Crippen molar-refractivity contribution >= 4 is 16.9 Å². The fraction of sp³-hybridized carbons (Fsp3) is 0.304. The maximum Gasteiger partial charge on any atom is 0.160 e. The van der Waals surface area contributed by atoms with E-state index in [0.29, 0.717) is 6.04 Å². The number of para-hydroxylation sites is 2. The van der Waals surface area contributed by atoms with E-state index < -0.39 is 0 Å². The summed E-state index contributed by atoms with van der Waals surface area (Å²) in [7, 11) is 1.72. The highest BCUT2D eigenvalue weighted by Crippen LogP contribution is 2.49. The van der Waals surface area contributed by atoms with E-state index in [0.717, 1.165) is 34.5 Å². The second-order valence-electron chi connectivity index (χ2n) is 7.31. The molecule has 0 aliphatic carbocycles. The summed E-state index contributed by atoms with van der Waals surface area (Å²) in [5.41, 5.74) is 3.27. The molecule has 0 bridgehead atoms. The highest BCUT2D eigenvalue weighted by Gasteiger charge is 2.46. The van der Waals surface area contributed by atoms with Gasteiger partial charge in [-0.2, -0.15) is 0 Å². The average molecular weight is 405 g/mol. The topological polar surface area (TPSA) is 42.6 Å². The van der Waals surface area contributed by atoms with Crippen LogP contribution in [-0.2, 0) is 0 Å². The summed E-state index contributed by atoms with van der Waals surface area (Å²) in [6.07, 6.45) is 5.08. The van der Waals surface area contributed by atoms with Gasteiger partial charge in [0.2, 0.25) is 0 Å². The van der Waals surface area contributed by atoms with Gasteiger partial charge in [-0.25, -0.2) is 0 Å². The van der Waals surface area contributed by atoms with Crippen LogP contribution in [0.5, 0.6) is 5.75 Å². The summed E-state index contributed by atoms with van der Waals surface area (Å²) >= 11 is 1.87. The second kappa shape index (κ2) is 7.59. The zero-order valence-electron chi connectivity index (χ0n) is 16.6. The molecule has 2 aliphatic heterocycles. The summed E-state index contributed by atoms with van der Waals surface area (Å²) in [6, 6.07) is 19.2. The maximum atomic E-state index is 5.65. The Morgan fingerprint density at radius 1 is 1.10 bits per heavy atom. The number of pyridine rings is 1. The van der Waals surface area contributed by atoms with E-state index in [-0.39, 0.29) is 12.1 Å². The number of rotatable bonds is 5. The molecule has 6 heteroatoms. The highest BCUT2D eigenvalue weighted by molar-refractivity contribution is 8.14. The van der Waals surface area contributed by atoms with Crippen molar-refractivity contribution in [3.05, 3.63) is 78.4 Å². The van der Waals surface area contributed by atoms with Gasteiger partial charge < -0.3 is 14.2 Å². The summed E-state index contributed by atoms with van der Waals surface area (Å²) in [6.45, 7) is 2.26. The molecule has 3 atom stereocenters. The monoisotopic (exact) mass is 404 g/mol. The quantitative estimate of drug-likeness (QED) is 0.609. The molecule has 1 fully saturated rings. The van der Waals surface area contributed by atoms with Crippen LogP contribution in [-0.4, -0.2) is 38.5 Å². The molecule has 0 radical (unpaired) electrons. The van der Waals surface area contributed by atoms with E-state index >= 15 is 0 Å². The number of nitrogens with zero attached hydrogens (tertiary/aromatic N) is 4. The fourth-order valence-electron chi connectivity index (χ4n) is 4.35. The molecule has 0 spiro atoms. The fourth-order valence-corrected chi connectivity index (χ4v) is 5.69. The molecule has 3 aromatic rings. The average Bonchev–Trinajstić information content (AvgIpc) is 3.49. The van der Waals surface area contributed by atoms with Gasteiger partial charge in [-0.3, -0.25) is 9.98 Å². The second-order valence-corrected chi connectivity index (χ2v) is 8.30. The molecule has 4 heterocycles. The van der Waals surface area contributed by atoms with Crippen LogP contribution in [0.25, 0.3) is 5.69 Å². The third-order valence-electron chi connectivity index (χ3n) is 5.76. The standard InChI is InChI=1S/C23H24N4OS/c1-3-16-15-29-23-25-21(17-9-6-7-13-24-17)22(27(16)23)19-11-8-14-26(19)18-10-4-5-12-20(18)28-2/h4-14,16,21-22H,3,15H2,1-2H3/t16-,21-,22+/m0/s1. The Morgan fingerprint density at radius 3 is 2.76 bits per heavy atom. The Hall–Kier alpha value is -2.73. The number of hydrogen-bond donors (Lipinski definition) is 0. The third-order valence-corrected chi connectivity index (χ3v) is 6.88. The predicted molar refractivity (Wildman–Crippen MR) is 118 cm³/mol. The van der Waals surface area contributed by atoms with E-state index in [1.807, 2.05) is 42.2 Å². The normalized spacial score (nSPS) is 23.2. The van der Waals surface area contributed by atoms with Crippen molar-refractivity contribution in [1.82, 2.24) is 14.5 Å². The smallest absolute Gasteiger partial charge is 0.160 e. The van der Waals surface area contributed by atoms with Crippen LogP contribution in [0.2, 0.25) is 0 Å². The zero-order chi connectivity index (χ0) is 19.8. The van der Waals surface area contributed by atoms with E-state index in [2.05, 4.69) is 57.9 Å². The highest BCUT2D eigenvalue weighted by atomic mass is 32.2. The number of methoxy groups -OCH3 is 1. The lowest BCUT2D eigenvalue weighted by molar-refractivity contribution is 0.248. The number of thioether (sulfide) groups is 1. The Kier molecular flexibility index (Phi) is 4.79. The molecule has 2 aromatic heterocycles.